The number of amides is 1. The van der Waals surface area contributed by atoms with Gasteiger partial charge >= 0.3 is 0 Å². The van der Waals surface area contributed by atoms with Crippen molar-refractivity contribution < 1.29 is 23.8 Å². The average molecular weight is 508 g/mol. The number of ether oxygens (including phenoxy) is 1. The van der Waals surface area contributed by atoms with Crippen LogP contribution in [0.25, 0.3) is 0 Å². The van der Waals surface area contributed by atoms with Gasteiger partial charge in [0, 0.05) is 51.8 Å². The number of nitrogens with one attached hydrogen (secondary N) is 1. The minimum absolute atomic E-state index is 0. The molecule has 1 fully saturated rings. The number of hydrogen-bond acceptors (Lipinski definition) is 7. The van der Waals surface area contributed by atoms with E-state index in [1.165, 1.54) is 42.7 Å². The van der Waals surface area contributed by atoms with Gasteiger partial charge in [0.1, 0.15) is 11.6 Å². The number of hydrogen-bond donors (Lipinski definition) is 1. The first-order valence-electron chi connectivity index (χ1n) is 10.3. The minimum atomic E-state index is -3.80. The molecule has 4 rings (SSSR count). The lowest BCUT2D eigenvalue weighted by Crippen LogP contribution is -2.50. The van der Waals surface area contributed by atoms with E-state index < -0.39 is 15.8 Å². The highest BCUT2D eigenvalue weighted by Gasteiger charge is 2.22. The van der Waals surface area contributed by atoms with Gasteiger partial charge in [0.15, 0.2) is 6.61 Å². The highest BCUT2D eigenvalue weighted by Crippen LogP contribution is 2.22. The summed E-state index contributed by atoms with van der Waals surface area (Å²) < 4.78 is 46.0. The summed E-state index contributed by atoms with van der Waals surface area (Å²) in [7, 11) is -3.80. The average Bonchev–Trinajstić information content (AvgIpc) is 2.85. The van der Waals surface area contributed by atoms with Gasteiger partial charge in [-0.05, 0) is 42.5 Å². The van der Waals surface area contributed by atoms with Crippen LogP contribution in [-0.4, -0.2) is 62.0 Å². The Morgan fingerprint density at radius 2 is 1.76 bits per heavy atom. The van der Waals surface area contributed by atoms with E-state index in [9.17, 15) is 17.6 Å². The third-order valence-corrected chi connectivity index (χ3v) is 6.82. The van der Waals surface area contributed by atoms with Crippen LogP contribution in [0, 0.1) is 5.82 Å². The molecule has 3 aromatic rings. The molecule has 9 nitrogen and oxygen atoms in total. The Morgan fingerprint density at radius 3 is 2.41 bits per heavy atom. The van der Waals surface area contributed by atoms with Crippen LogP contribution in [0.4, 0.5) is 16.0 Å². The quantitative estimate of drug-likeness (QED) is 0.524. The second kappa shape index (κ2) is 10.2. The van der Waals surface area contributed by atoms with Gasteiger partial charge in [-0.2, -0.15) is 0 Å². The second-order valence-corrected chi connectivity index (χ2v) is 9.49. The van der Waals surface area contributed by atoms with E-state index >= 15 is 0 Å². The summed E-state index contributed by atoms with van der Waals surface area (Å²) in [4.78, 5) is 24.0. The zero-order valence-corrected chi connectivity index (χ0v) is 19.5. The minimum Gasteiger partial charge on any atom is -0.484 e. The largest absolute Gasteiger partial charge is 0.484 e. The Labute approximate surface area is 202 Å². The molecule has 0 unspecified atom stereocenters. The number of rotatable bonds is 7. The van der Waals surface area contributed by atoms with Crippen LogP contribution in [0.2, 0.25) is 5.02 Å². The molecule has 0 radical (unpaired) electrons. The van der Waals surface area contributed by atoms with Crippen LogP contribution in [0.15, 0.2) is 65.8 Å². The van der Waals surface area contributed by atoms with Crippen molar-refractivity contribution in [1.29, 1.82) is 0 Å². The number of benzene rings is 2. The third kappa shape index (κ3) is 5.72. The lowest BCUT2D eigenvalue weighted by Gasteiger charge is -2.36. The van der Waals surface area contributed by atoms with Crippen molar-refractivity contribution in [1.82, 2.24) is 14.9 Å². The molecule has 1 amide bonds. The van der Waals surface area contributed by atoms with Gasteiger partial charge in [-0.15, -0.1) is 0 Å². The van der Waals surface area contributed by atoms with Crippen LogP contribution in [0.5, 0.6) is 5.75 Å². The summed E-state index contributed by atoms with van der Waals surface area (Å²) in [6.45, 7) is 1.96. The molecule has 2 aromatic carbocycles. The third-order valence-electron chi connectivity index (χ3n) is 5.19. The first-order valence-corrected chi connectivity index (χ1v) is 12.2. The monoisotopic (exact) mass is 507 g/mol. The summed E-state index contributed by atoms with van der Waals surface area (Å²) >= 11 is 5.72. The Balaban J connectivity index is 0.00000342. The number of carbonyl (C=O) groups is 1. The molecule has 0 saturated carbocycles. The molecular weight excluding hydrogens is 485 g/mol. The summed E-state index contributed by atoms with van der Waals surface area (Å²) in [6, 6.07) is 12.0. The molecule has 0 bridgehead atoms. The highest BCUT2D eigenvalue weighted by atomic mass is 35.5. The molecule has 1 aliphatic heterocycles. The Bertz CT molecular complexity index is 1260. The maximum absolute atomic E-state index is 13.2. The van der Waals surface area contributed by atoms with Gasteiger partial charge in [-0.3, -0.25) is 4.79 Å². The Hall–Kier alpha value is -3.44. The number of anilines is 2. The van der Waals surface area contributed by atoms with Gasteiger partial charge in [0.2, 0.25) is 5.95 Å². The molecule has 1 N–H and O–H groups in total. The summed E-state index contributed by atoms with van der Waals surface area (Å²) in [5.74, 6) is -0.417. The maximum atomic E-state index is 13.2. The van der Waals surface area contributed by atoms with E-state index in [0.29, 0.717) is 31.9 Å². The Morgan fingerprint density at radius 1 is 1.09 bits per heavy atom. The van der Waals surface area contributed by atoms with Gasteiger partial charge in [-0.25, -0.2) is 27.5 Å². The molecule has 0 atom stereocenters. The predicted molar refractivity (Wildman–Crippen MR) is 127 cm³/mol. The standard InChI is InChI=1S/C22H21ClFN5O4S.H2/c23-19-14-17(4-7-20(19)24)33-15-21(30)29-12-10-28(11-13-29)16-2-5-18(6-3-16)34(31,32)27-22-25-8-1-9-26-22;/h1-9,14H,10-13,15H2,(H,25,26,27);1H. The molecule has 2 heterocycles. The van der Waals surface area contributed by atoms with Gasteiger partial charge in [0.25, 0.3) is 15.9 Å². The summed E-state index contributed by atoms with van der Waals surface area (Å²) in [5, 5.41) is -0.0680. The fourth-order valence-corrected chi connectivity index (χ4v) is 4.51. The normalized spacial score (nSPS) is 14.1. The fourth-order valence-electron chi connectivity index (χ4n) is 3.38. The second-order valence-electron chi connectivity index (χ2n) is 7.40. The molecular formula is C22H23ClFN5O4S. The van der Waals surface area contributed by atoms with Crippen LogP contribution < -0.4 is 14.4 Å². The zero-order chi connectivity index (χ0) is 24.1. The van der Waals surface area contributed by atoms with Crippen LogP contribution >= 0.6 is 11.6 Å². The lowest BCUT2D eigenvalue weighted by molar-refractivity contribution is -0.133. The maximum Gasteiger partial charge on any atom is 0.264 e. The van der Waals surface area contributed by atoms with Crippen LogP contribution in [0.1, 0.15) is 1.43 Å². The predicted octanol–water partition coefficient (Wildman–Crippen LogP) is 3.04. The molecule has 12 heteroatoms. The molecule has 0 aliphatic carbocycles. The Kier molecular flexibility index (Phi) is 7.13. The van der Waals surface area contributed by atoms with Crippen molar-refractivity contribution in [2.75, 3.05) is 42.4 Å². The topological polar surface area (TPSA) is 105 Å². The van der Waals surface area contributed by atoms with Crippen molar-refractivity contribution in [2.45, 2.75) is 4.90 Å². The molecule has 180 valence electrons. The van der Waals surface area contributed by atoms with E-state index in [1.54, 1.807) is 23.1 Å². The lowest BCUT2D eigenvalue weighted by atomic mass is 10.2. The molecule has 1 aliphatic rings. The molecule has 1 saturated heterocycles. The van der Waals surface area contributed by atoms with Crippen molar-refractivity contribution in [3.8, 4) is 5.75 Å². The number of halogens is 2. The van der Waals surface area contributed by atoms with E-state index in [4.69, 9.17) is 16.3 Å². The molecule has 1 aromatic heterocycles. The molecule has 0 spiro atoms. The van der Waals surface area contributed by atoms with Crippen molar-refractivity contribution >= 4 is 39.2 Å². The number of sulfonamides is 1. The number of aromatic nitrogens is 2. The van der Waals surface area contributed by atoms with E-state index in [0.717, 1.165) is 5.69 Å². The first kappa shape index (κ1) is 23.7. The highest BCUT2D eigenvalue weighted by molar-refractivity contribution is 7.92. The number of piperazine rings is 1. The van der Waals surface area contributed by atoms with Gasteiger partial charge in [-0.1, -0.05) is 11.6 Å². The summed E-state index contributed by atoms with van der Waals surface area (Å²) in [6.07, 6.45) is 2.89. The van der Waals surface area contributed by atoms with Crippen LogP contribution in [0.3, 0.4) is 0 Å². The van der Waals surface area contributed by atoms with Gasteiger partial charge in [0.05, 0.1) is 9.92 Å². The zero-order valence-electron chi connectivity index (χ0n) is 17.9. The van der Waals surface area contributed by atoms with Gasteiger partial charge < -0.3 is 14.5 Å². The first-order chi connectivity index (χ1) is 16.3. The van der Waals surface area contributed by atoms with E-state index in [-0.39, 0.29) is 29.8 Å². The van der Waals surface area contributed by atoms with E-state index in [2.05, 4.69) is 19.6 Å². The smallest absolute Gasteiger partial charge is 0.264 e. The van der Waals surface area contributed by atoms with Crippen LogP contribution in [-0.2, 0) is 14.8 Å². The molecule has 34 heavy (non-hydrogen) atoms. The SMILES string of the molecule is O=C(COc1ccc(F)c(Cl)c1)N1CCN(c2ccc(S(=O)(=O)Nc3ncccn3)cc2)CC1.[HH]. The number of carbonyl (C=O) groups excluding carboxylic acids is 1. The van der Waals surface area contributed by atoms with Crippen molar-refractivity contribution in [3.05, 3.63) is 71.8 Å². The number of nitrogens with zero attached hydrogens (tertiary/aromatic N) is 4. The van der Waals surface area contributed by atoms with Crippen molar-refractivity contribution in [2.24, 2.45) is 0 Å². The fraction of sp³-hybridized carbons (Fsp3) is 0.227. The van der Waals surface area contributed by atoms with Crippen molar-refractivity contribution in [3.63, 3.8) is 0 Å². The van der Waals surface area contributed by atoms with E-state index in [1.807, 2.05) is 0 Å². The summed E-state index contributed by atoms with van der Waals surface area (Å²) in [5.41, 5.74) is 0.846.